The van der Waals surface area contributed by atoms with E-state index in [0.717, 1.165) is 5.56 Å². The SMILES string of the molecule is Cc1nc(-c2ccc(Cl)cc2)c(C=O)o1. The highest BCUT2D eigenvalue weighted by atomic mass is 35.5. The molecule has 0 N–H and O–H groups in total. The number of carbonyl (C=O) groups excluding carboxylic acids is 1. The van der Waals surface area contributed by atoms with Gasteiger partial charge in [0.05, 0.1) is 0 Å². The minimum Gasteiger partial charge on any atom is -0.438 e. The fourth-order valence-corrected chi connectivity index (χ4v) is 1.46. The standard InChI is InChI=1S/C11H8ClNO2/c1-7-13-11(10(6-14)15-7)8-2-4-9(12)5-3-8/h2-6H,1H3. The smallest absolute Gasteiger partial charge is 0.195 e. The number of aldehydes is 1. The van der Waals surface area contributed by atoms with Gasteiger partial charge < -0.3 is 4.42 Å². The van der Waals surface area contributed by atoms with Crippen molar-refractivity contribution in [1.29, 1.82) is 0 Å². The van der Waals surface area contributed by atoms with E-state index < -0.39 is 0 Å². The van der Waals surface area contributed by atoms with E-state index in [2.05, 4.69) is 4.98 Å². The Labute approximate surface area is 91.7 Å². The van der Waals surface area contributed by atoms with Gasteiger partial charge in [-0.05, 0) is 12.1 Å². The molecular weight excluding hydrogens is 214 g/mol. The number of benzene rings is 1. The molecule has 1 heterocycles. The van der Waals surface area contributed by atoms with Crippen LogP contribution in [0, 0.1) is 6.92 Å². The molecule has 1 aromatic heterocycles. The van der Waals surface area contributed by atoms with Crippen LogP contribution in [0.25, 0.3) is 11.3 Å². The van der Waals surface area contributed by atoms with Crippen LogP contribution in [0.5, 0.6) is 0 Å². The second-order valence-corrected chi connectivity index (χ2v) is 3.51. The fourth-order valence-electron chi connectivity index (χ4n) is 1.34. The maximum Gasteiger partial charge on any atom is 0.195 e. The lowest BCUT2D eigenvalue weighted by atomic mass is 10.1. The second kappa shape index (κ2) is 3.87. The minimum atomic E-state index is 0.245. The van der Waals surface area contributed by atoms with Crippen molar-refractivity contribution < 1.29 is 9.21 Å². The topological polar surface area (TPSA) is 43.1 Å². The Balaban J connectivity index is 2.52. The lowest BCUT2D eigenvalue weighted by molar-refractivity contribution is 0.110. The van der Waals surface area contributed by atoms with Crippen LogP contribution in [0.3, 0.4) is 0 Å². The van der Waals surface area contributed by atoms with Crippen LogP contribution in [0.1, 0.15) is 16.4 Å². The van der Waals surface area contributed by atoms with Gasteiger partial charge in [0.2, 0.25) is 0 Å². The number of nitrogens with zero attached hydrogens (tertiary/aromatic N) is 1. The van der Waals surface area contributed by atoms with Crippen LogP contribution in [0.2, 0.25) is 5.02 Å². The van der Waals surface area contributed by atoms with Crippen LogP contribution in [0.4, 0.5) is 0 Å². The number of oxazole rings is 1. The van der Waals surface area contributed by atoms with Gasteiger partial charge in [-0.25, -0.2) is 4.98 Å². The molecule has 0 atom stereocenters. The van der Waals surface area contributed by atoms with E-state index in [-0.39, 0.29) is 5.76 Å². The quantitative estimate of drug-likeness (QED) is 0.732. The number of halogens is 1. The van der Waals surface area contributed by atoms with Crippen LogP contribution in [0.15, 0.2) is 28.7 Å². The first-order valence-corrected chi connectivity index (χ1v) is 4.77. The molecule has 0 fully saturated rings. The van der Waals surface area contributed by atoms with E-state index in [1.807, 2.05) is 0 Å². The lowest BCUT2D eigenvalue weighted by Gasteiger charge is -1.96. The van der Waals surface area contributed by atoms with Crippen molar-refractivity contribution >= 4 is 17.9 Å². The number of carbonyl (C=O) groups is 1. The Hall–Kier alpha value is -1.61. The highest BCUT2D eigenvalue weighted by Gasteiger charge is 2.11. The minimum absolute atomic E-state index is 0.245. The predicted molar refractivity (Wildman–Crippen MR) is 57.1 cm³/mol. The molecule has 3 nitrogen and oxygen atoms in total. The monoisotopic (exact) mass is 221 g/mol. The summed E-state index contributed by atoms with van der Waals surface area (Å²) in [6, 6.07) is 7.09. The first-order valence-electron chi connectivity index (χ1n) is 4.39. The molecule has 0 aliphatic heterocycles. The fraction of sp³-hybridized carbons (Fsp3) is 0.0909. The van der Waals surface area contributed by atoms with Crippen LogP contribution in [-0.2, 0) is 0 Å². The van der Waals surface area contributed by atoms with Crippen molar-refractivity contribution in [3.63, 3.8) is 0 Å². The molecule has 2 rings (SSSR count). The number of hydrogen-bond donors (Lipinski definition) is 0. The largest absolute Gasteiger partial charge is 0.438 e. The Morgan fingerprint density at radius 1 is 1.33 bits per heavy atom. The normalized spacial score (nSPS) is 10.3. The predicted octanol–water partition coefficient (Wildman–Crippen LogP) is 3.12. The Morgan fingerprint density at radius 3 is 2.60 bits per heavy atom. The van der Waals surface area contributed by atoms with Crippen molar-refractivity contribution in [3.8, 4) is 11.3 Å². The molecule has 0 bridgehead atoms. The van der Waals surface area contributed by atoms with Crippen LogP contribution >= 0.6 is 11.6 Å². The molecule has 4 heteroatoms. The Bertz CT molecular complexity index is 488. The number of hydrogen-bond acceptors (Lipinski definition) is 3. The summed E-state index contributed by atoms with van der Waals surface area (Å²) in [5.41, 5.74) is 1.37. The highest BCUT2D eigenvalue weighted by Crippen LogP contribution is 2.23. The average Bonchev–Trinajstić information content (AvgIpc) is 2.61. The molecule has 0 saturated carbocycles. The summed E-state index contributed by atoms with van der Waals surface area (Å²) in [4.78, 5) is 14.9. The van der Waals surface area contributed by atoms with Gasteiger partial charge in [0.25, 0.3) is 0 Å². The van der Waals surface area contributed by atoms with Crippen molar-refractivity contribution in [2.45, 2.75) is 6.92 Å². The molecule has 76 valence electrons. The van der Waals surface area contributed by atoms with Gasteiger partial charge in [-0.3, -0.25) is 4.79 Å². The molecule has 0 radical (unpaired) electrons. The number of rotatable bonds is 2. The molecule has 15 heavy (non-hydrogen) atoms. The zero-order valence-corrected chi connectivity index (χ0v) is 8.78. The van der Waals surface area contributed by atoms with Gasteiger partial charge >= 0.3 is 0 Å². The number of aryl methyl sites for hydroxylation is 1. The van der Waals surface area contributed by atoms with E-state index in [9.17, 15) is 4.79 Å². The van der Waals surface area contributed by atoms with Gasteiger partial charge in [0, 0.05) is 17.5 Å². The molecule has 0 saturated heterocycles. The zero-order chi connectivity index (χ0) is 10.8. The zero-order valence-electron chi connectivity index (χ0n) is 8.03. The summed E-state index contributed by atoms with van der Waals surface area (Å²) in [5, 5.41) is 0.645. The van der Waals surface area contributed by atoms with Crippen molar-refractivity contribution in [2.24, 2.45) is 0 Å². The van der Waals surface area contributed by atoms with Gasteiger partial charge in [-0.2, -0.15) is 0 Å². The average molecular weight is 222 g/mol. The van der Waals surface area contributed by atoms with Crippen molar-refractivity contribution in [2.75, 3.05) is 0 Å². The first kappa shape index (κ1) is 9.93. The molecule has 2 aromatic rings. The Morgan fingerprint density at radius 2 is 2.00 bits per heavy atom. The third kappa shape index (κ3) is 1.92. The first-order chi connectivity index (χ1) is 7.20. The van der Waals surface area contributed by atoms with Gasteiger partial charge in [-0.1, -0.05) is 23.7 Å². The molecule has 0 unspecified atom stereocenters. The summed E-state index contributed by atoms with van der Waals surface area (Å²) in [6.45, 7) is 1.70. The van der Waals surface area contributed by atoms with Crippen LogP contribution < -0.4 is 0 Å². The van der Waals surface area contributed by atoms with Gasteiger partial charge in [0.15, 0.2) is 17.9 Å². The summed E-state index contributed by atoms with van der Waals surface area (Å²) >= 11 is 5.76. The lowest BCUT2D eigenvalue weighted by Crippen LogP contribution is -1.83. The summed E-state index contributed by atoms with van der Waals surface area (Å²) in [7, 11) is 0. The molecular formula is C11H8ClNO2. The third-order valence-corrected chi connectivity index (χ3v) is 2.24. The second-order valence-electron chi connectivity index (χ2n) is 3.07. The summed E-state index contributed by atoms with van der Waals surface area (Å²) < 4.78 is 5.14. The molecule has 0 amide bonds. The number of aromatic nitrogens is 1. The van der Waals surface area contributed by atoms with E-state index in [1.165, 1.54) is 0 Å². The van der Waals surface area contributed by atoms with E-state index in [0.29, 0.717) is 22.9 Å². The van der Waals surface area contributed by atoms with E-state index >= 15 is 0 Å². The maximum atomic E-state index is 10.7. The van der Waals surface area contributed by atoms with Gasteiger partial charge in [-0.15, -0.1) is 0 Å². The van der Waals surface area contributed by atoms with Crippen LogP contribution in [-0.4, -0.2) is 11.3 Å². The molecule has 0 spiro atoms. The summed E-state index contributed by atoms with van der Waals surface area (Å²) in [5.74, 6) is 0.719. The molecule has 0 aliphatic rings. The van der Waals surface area contributed by atoms with E-state index in [1.54, 1.807) is 31.2 Å². The highest BCUT2D eigenvalue weighted by molar-refractivity contribution is 6.30. The van der Waals surface area contributed by atoms with E-state index in [4.69, 9.17) is 16.0 Å². The van der Waals surface area contributed by atoms with Crippen molar-refractivity contribution in [1.82, 2.24) is 4.98 Å². The van der Waals surface area contributed by atoms with Crippen molar-refractivity contribution in [3.05, 3.63) is 40.9 Å². The maximum absolute atomic E-state index is 10.7. The van der Waals surface area contributed by atoms with Gasteiger partial charge in [0.1, 0.15) is 5.69 Å². The third-order valence-electron chi connectivity index (χ3n) is 1.99. The summed E-state index contributed by atoms with van der Waals surface area (Å²) in [6.07, 6.45) is 0.657. The molecule has 0 aliphatic carbocycles. The molecule has 1 aromatic carbocycles. The Kier molecular flexibility index (Phi) is 2.56.